The van der Waals surface area contributed by atoms with E-state index < -0.39 is 0 Å². The predicted octanol–water partition coefficient (Wildman–Crippen LogP) is 4.02. The minimum atomic E-state index is 0.241. The van der Waals surface area contributed by atoms with Crippen LogP contribution in [0.2, 0.25) is 0 Å². The molecule has 3 aromatic carbocycles. The summed E-state index contributed by atoms with van der Waals surface area (Å²) in [6, 6.07) is 11.3. The number of benzene rings is 3. The van der Waals surface area contributed by atoms with E-state index in [1.807, 2.05) is 50.2 Å². The highest BCUT2D eigenvalue weighted by Gasteiger charge is 2.15. The van der Waals surface area contributed by atoms with Gasteiger partial charge in [-0.2, -0.15) is 0 Å². The molecule has 3 rings (SSSR count). The standard InChI is InChI=1S/C16H14O2/c1-9-5-3-7-11-13(9)16(18)14-10(2)6-4-8-12(14)15(11)17/h3-8,17-18H,1-2H3. The van der Waals surface area contributed by atoms with Crippen molar-refractivity contribution in [3.63, 3.8) is 0 Å². The van der Waals surface area contributed by atoms with E-state index in [1.165, 1.54) is 0 Å². The van der Waals surface area contributed by atoms with Gasteiger partial charge in [-0.05, 0) is 25.0 Å². The van der Waals surface area contributed by atoms with Crippen molar-refractivity contribution < 1.29 is 10.2 Å². The molecule has 0 spiro atoms. The van der Waals surface area contributed by atoms with Crippen molar-refractivity contribution in [3.8, 4) is 11.5 Å². The summed E-state index contributed by atoms with van der Waals surface area (Å²) in [6.45, 7) is 3.87. The van der Waals surface area contributed by atoms with Crippen molar-refractivity contribution in [1.29, 1.82) is 0 Å². The van der Waals surface area contributed by atoms with E-state index in [-0.39, 0.29) is 11.5 Å². The van der Waals surface area contributed by atoms with Gasteiger partial charge in [0, 0.05) is 21.5 Å². The number of phenolic OH excluding ortho intramolecular Hbond substituents is 2. The van der Waals surface area contributed by atoms with Gasteiger partial charge in [0.15, 0.2) is 0 Å². The smallest absolute Gasteiger partial charge is 0.132 e. The zero-order valence-corrected chi connectivity index (χ0v) is 10.4. The summed E-state index contributed by atoms with van der Waals surface area (Å²) in [5.41, 5.74) is 1.93. The molecular weight excluding hydrogens is 224 g/mol. The molecule has 18 heavy (non-hydrogen) atoms. The van der Waals surface area contributed by atoms with E-state index in [0.29, 0.717) is 10.8 Å². The number of hydrogen-bond acceptors (Lipinski definition) is 2. The Morgan fingerprint density at radius 3 is 1.56 bits per heavy atom. The fraction of sp³-hybridized carbons (Fsp3) is 0.125. The molecule has 2 heteroatoms. The third kappa shape index (κ3) is 1.29. The molecule has 2 nitrogen and oxygen atoms in total. The molecule has 2 N–H and O–H groups in total. The summed E-state index contributed by atoms with van der Waals surface area (Å²) in [5.74, 6) is 0.499. The fourth-order valence-electron chi connectivity index (χ4n) is 2.63. The molecule has 0 aliphatic carbocycles. The average molecular weight is 238 g/mol. The Bertz CT molecular complexity index is 710. The summed E-state index contributed by atoms with van der Waals surface area (Å²) in [6.07, 6.45) is 0. The van der Waals surface area contributed by atoms with Crippen molar-refractivity contribution in [2.75, 3.05) is 0 Å². The molecule has 0 amide bonds. The van der Waals surface area contributed by atoms with Crippen LogP contribution in [0.5, 0.6) is 11.5 Å². The Balaban J connectivity index is 2.71. The Hall–Kier alpha value is -2.22. The van der Waals surface area contributed by atoms with Crippen LogP contribution in [0.4, 0.5) is 0 Å². The van der Waals surface area contributed by atoms with Crippen LogP contribution in [0.1, 0.15) is 11.1 Å². The molecule has 0 aromatic heterocycles. The molecule has 0 heterocycles. The Morgan fingerprint density at radius 2 is 1.11 bits per heavy atom. The summed E-state index contributed by atoms with van der Waals surface area (Å²) >= 11 is 0. The molecule has 0 aliphatic heterocycles. The van der Waals surface area contributed by atoms with Crippen LogP contribution in [0.3, 0.4) is 0 Å². The van der Waals surface area contributed by atoms with Gasteiger partial charge in [0.25, 0.3) is 0 Å². The maximum absolute atomic E-state index is 10.5. The minimum absolute atomic E-state index is 0.241. The van der Waals surface area contributed by atoms with Gasteiger partial charge in [0.1, 0.15) is 11.5 Å². The number of phenols is 2. The van der Waals surface area contributed by atoms with E-state index in [1.54, 1.807) is 0 Å². The Morgan fingerprint density at radius 1 is 0.667 bits per heavy atom. The van der Waals surface area contributed by atoms with Crippen LogP contribution in [0.15, 0.2) is 36.4 Å². The first-order chi connectivity index (χ1) is 8.61. The van der Waals surface area contributed by atoms with Crippen LogP contribution in [0.25, 0.3) is 21.5 Å². The van der Waals surface area contributed by atoms with Gasteiger partial charge in [-0.25, -0.2) is 0 Å². The van der Waals surface area contributed by atoms with Crippen molar-refractivity contribution in [2.24, 2.45) is 0 Å². The van der Waals surface area contributed by atoms with Gasteiger partial charge in [0.05, 0.1) is 0 Å². The molecule has 0 fully saturated rings. The van der Waals surface area contributed by atoms with E-state index in [9.17, 15) is 10.2 Å². The maximum atomic E-state index is 10.5. The summed E-state index contributed by atoms with van der Waals surface area (Å²) in [5, 5.41) is 23.7. The van der Waals surface area contributed by atoms with Gasteiger partial charge in [0.2, 0.25) is 0 Å². The minimum Gasteiger partial charge on any atom is -0.507 e. The largest absolute Gasteiger partial charge is 0.507 e. The predicted molar refractivity (Wildman–Crippen MR) is 74.3 cm³/mol. The molecule has 0 unspecified atom stereocenters. The van der Waals surface area contributed by atoms with Gasteiger partial charge in [-0.3, -0.25) is 0 Å². The number of aryl methyl sites for hydroxylation is 2. The van der Waals surface area contributed by atoms with E-state index >= 15 is 0 Å². The van der Waals surface area contributed by atoms with Crippen molar-refractivity contribution in [1.82, 2.24) is 0 Å². The molecule has 0 aliphatic rings. The lowest BCUT2D eigenvalue weighted by atomic mass is 9.95. The number of hydrogen-bond donors (Lipinski definition) is 2. The molecule has 3 aromatic rings. The van der Waals surface area contributed by atoms with Crippen molar-refractivity contribution in [2.45, 2.75) is 13.8 Å². The van der Waals surface area contributed by atoms with Crippen LogP contribution in [-0.2, 0) is 0 Å². The second kappa shape index (κ2) is 3.64. The summed E-state index contributed by atoms with van der Waals surface area (Å²) < 4.78 is 0. The maximum Gasteiger partial charge on any atom is 0.132 e. The second-order valence-corrected chi connectivity index (χ2v) is 4.69. The van der Waals surface area contributed by atoms with Gasteiger partial charge in [-0.15, -0.1) is 0 Å². The van der Waals surface area contributed by atoms with Gasteiger partial charge in [-0.1, -0.05) is 36.4 Å². The quantitative estimate of drug-likeness (QED) is 0.458. The molecule has 0 atom stereocenters. The van der Waals surface area contributed by atoms with Crippen LogP contribution in [0, 0.1) is 13.8 Å². The highest BCUT2D eigenvalue weighted by atomic mass is 16.3. The lowest BCUT2D eigenvalue weighted by Gasteiger charge is -2.12. The normalized spacial score (nSPS) is 11.2. The summed E-state index contributed by atoms with van der Waals surface area (Å²) in [4.78, 5) is 0. The van der Waals surface area contributed by atoms with Crippen molar-refractivity contribution in [3.05, 3.63) is 47.5 Å². The van der Waals surface area contributed by atoms with Gasteiger partial charge >= 0.3 is 0 Å². The SMILES string of the molecule is Cc1cccc2c(O)c3cccc(C)c3c(O)c12. The second-order valence-electron chi connectivity index (χ2n) is 4.69. The Kier molecular flexibility index (Phi) is 2.20. The molecule has 0 bridgehead atoms. The molecule has 0 radical (unpaired) electrons. The van der Waals surface area contributed by atoms with E-state index in [0.717, 1.165) is 21.9 Å². The number of fused-ring (bicyclic) bond motifs is 2. The van der Waals surface area contributed by atoms with E-state index in [4.69, 9.17) is 0 Å². The van der Waals surface area contributed by atoms with Crippen molar-refractivity contribution >= 4 is 21.5 Å². The van der Waals surface area contributed by atoms with Crippen LogP contribution < -0.4 is 0 Å². The zero-order chi connectivity index (χ0) is 12.9. The highest BCUT2D eigenvalue weighted by Crippen LogP contribution is 2.43. The highest BCUT2D eigenvalue weighted by molar-refractivity contribution is 6.12. The first-order valence-electron chi connectivity index (χ1n) is 5.94. The fourth-order valence-corrected chi connectivity index (χ4v) is 2.63. The lowest BCUT2D eigenvalue weighted by molar-refractivity contribution is 0.478. The number of rotatable bonds is 0. The monoisotopic (exact) mass is 238 g/mol. The topological polar surface area (TPSA) is 40.5 Å². The van der Waals surface area contributed by atoms with Crippen LogP contribution >= 0.6 is 0 Å². The lowest BCUT2D eigenvalue weighted by Crippen LogP contribution is -1.86. The zero-order valence-electron chi connectivity index (χ0n) is 10.4. The third-order valence-electron chi connectivity index (χ3n) is 3.53. The first-order valence-corrected chi connectivity index (χ1v) is 5.94. The molecule has 90 valence electrons. The first kappa shape index (κ1) is 10.9. The third-order valence-corrected chi connectivity index (χ3v) is 3.53. The Labute approximate surface area is 105 Å². The number of aromatic hydroxyl groups is 2. The van der Waals surface area contributed by atoms with Gasteiger partial charge < -0.3 is 10.2 Å². The van der Waals surface area contributed by atoms with E-state index in [2.05, 4.69) is 0 Å². The summed E-state index contributed by atoms with van der Waals surface area (Å²) in [7, 11) is 0. The average Bonchev–Trinajstić information content (AvgIpc) is 2.35. The molecular formula is C16H14O2. The van der Waals surface area contributed by atoms with Crippen LogP contribution in [-0.4, -0.2) is 10.2 Å². The molecule has 0 saturated heterocycles. The molecule has 0 saturated carbocycles.